The van der Waals surface area contributed by atoms with Gasteiger partial charge >= 0.3 is 0 Å². The van der Waals surface area contributed by atoms with Crippen LogP contribution in [0.15, 0.2) is 176 Å². The largest absolute Gasteiger partial charge is 0.311 e. The maximum absolute atomic E-state index is 5.03. The number of hydrogen-bond donors (Lipinski definition) is 0. The van der Waals surface area contributed by atoms with Gasteiger partial charge in [0, 0.05) is 28.2 Å². The minimum absolute atomic E-state index is 0.954. The SMILES string of the molecule is c1ccc(-c2cc(-c3ccccc3)n(-c3ccc(-c4ccc(N(c5ccccc5)c5ccccc5)cc4)cc3)n2)cc1. The number of rotatable bonds is 7. The summed E-state index contributed by atoms with van der Waals surface area (Å²) in [5, 5.41) is 5.03. The fraction of sp³-hybridized carbons (Fsp3) is 0. The summed E-state index contributed by atoms with van der Waals surface area (Å²) in [4.78, 5) is 2.28. The molecule has 42 heavy (non-hydrogen) atoms. The van der Waals surface area contributed by atoms with Gasteiger partial charge < -0.3 is 4.90 Å². The lowest BCUT2D eigenvalue weighted by atomic mass is 10.0. The Labute approximate surface area is 246 Å². The standard InChI is InChI=1S/C39H29N3/c1-5-13-32(14-6-1)38-29-39(33-15-7-2-8-16-33)42(40-38)37-27-23-31(24-28-37)30-21-25-36(26-22-30)41(34-17-9-3-10-18-34)35-19-11-4-12-20-35/h1-29H. The number of hydrogen-bond acceptors (Lipinski definition) is 2. The van der Waals surface area contributed by atoms with Crippen LogP contribution in [0.1, 0.15) is 0 Å². The van der Waals surface area contributed by atoms with E-state index in [1.54, 1.807) is 0 Å². The summed E-state index contributed by atoms with van der Waals surface area (Å²) >= 11 is 0. The lowest BCUT2D eigenvalue weighted by Gasteiger charge is -2.25. The van der Waals surface area contributed by atoms with Crippen LogP contribution in [0.2, 0.25) is 0 Å². The van der Waals surface area contributed by atoms with Crippen LogP contribution in [0.3, 0.4) is 0 Å². The van der Waals surface area contributed by atoms with E-state index in [0.29, 0.717) is 0 Å². The van der Waals surface area contributed by atoms with E-state index in [-0.39, 0.29) is 0 Å². The molecule has 1 aromatic heterocycles. The minimum Gasteiger partial charge on any atom is -0.311 e. The van der Waals surface area contributed by atoms with Crippen molar-refractivity contribution in [1.82, 2.24) is 9.78 Å². The van der Waals surface area contributed by atoms with Crippen LogP contribution in [0, 0.1) is 0 Å². The van der Waals surface area contributed by atoms with Gasteiger partial charge in [0.2, 0.25) is 0 Å². The highest BCUT2D eigenvalue weighted by Crippen LogP contribution is 2.35. The Kier molecular flexibility index (Phi) is 6.89. The number of nitrogens with zero attached hydrogens (tertiary/aromatic N) is 3. The lowest BCUT2D eigenvalue weighted by Crippen LogP contribution is -2.09. The molecular weight excluding hydrogens is 510 g/mol. The maximum Gasteiger partial charge on any atom is 0.0934 e. The summed E-state index contributed by atoms with van der Waals surface area (Å²) in [5.74, 6) is 0. The van der Waals surface area contributed by atoms with Crippen molar-refractivity contribution in [2.24, 2.45) is 0 Å². The molecule has 0 bridgehead atoms. The van der Waals surface area contributed by atoms with E-state index in [1.807, 2.05) is 28.9 Å². The second-order valence-corrected chi connectivity index (χ2v) is 10.2. The molecule has 0 N–H and O–H groups in total. The van der Waals surface area contributed by atoms with Crippen LogP contribution in [-0.4, -0.2) is 9.78 Å². The fourth-order valence-corrected chi connectivity index (χ4v) is 5.34. The molecule has 0 radical (unpaired) electrons. The van der Waals surface area contributed by atoms with Crippen LogP contribution in [0.25, 0.3) is 39.3 Å². The molecule has 1 heterocycles. The Hall–Kier alpha value is -5.67. The van der Waals surface area contributed by atoms with Gasteiger partial charge in [0.05, 0.1) is 17.1 Å². The first-order chi connectivity index (χ1) is 20.8. The summed E-state index contributed by atoms with van der Waals surface area (Å²) in [5.41, 5.74) is 11.0. The summed E-state index contributed by atoms with van der Waals surface area (Å²) in [7, 11) is 0. The minimum atomic E-state index is 0.954. The number of para-hydroxylation sites is 2. The van der Waals surface area contributed by atoms with Crippen molar-refractivity contribution < 1.29 is 0 Å². The highest BCUT2D eigenvalue weighted by atomic mass is 15.3. The van der Waals surface area contributed by atoms with Crippen LogP contribution in [0.5, 0.6) is 0 Å². The number of benzene rings is 6. The monoisotopic (exact) mass is 539 g/mol. The molecule has 0 saturated heterocycles. The first-order valence-electron chi connectivity index (χ1n) is 14.2. The number of aromatic nitrogens is 2. The third-order valence-electron chi connectivity index (χ3n) is 7.45. The van der Waals surface area contributed by atoms with Crippen molar-refractivity contribution in [2.45, 2.75) is 0 Å². The zero-order valence-corrected chi connectivity index (χ0v) is 23.1. The fourth-order valence-electron chi connectivity index (χ4n) is 5.34. The predicted molar refractivity (Wildman–Crippen MR) is 175 cm³/mol. The highest BCUT2D eigenvalue weighted by molar-refractivity contribution is 5.78. The summed E-state index contributed by atoms with van der Waals surface area (Å²) in [6.07, 6.45) is 0. The first-order valence-corrected chi connectivity index (χ1v) is 14.2. The normalized spacial score (nSPS) is 10.9. The van der Waals surface area contributed by atoms with Crippen molar-refractivity contribution in [1.29, 1.82) is 0 Å². The third kappa shape index (κ3) is 5.12. The second-order valence-electron chi connectivity index (χ2n) is 10.2. The Bertz CT molecular complexity index is 1840. The van der Waals surface area contributed by atoms with Crippen molar-refractivity contribution in [3.05, 3.63) is 176 Å². The van der Waals surface area contributed by atoms with Gasteiger partial charge in [-0.3, -0.25) is 0 Å². The molecule has 7 rings (SSSR count). The molecule has 0 unspecified atom stereocenters. The summed E-state index contributed by atoms with van der Waals surface area (Å²) < 4.78 is 2.04. The molecule has 200 valence electrons. The molecule has 0 aliphatic heterocycles. The van der Waals surface area contributed by atoms with Gasteiger partial charge in [-0.25, -0.2) is 4.68 Å². The molecule has 0 spiro atoms. The predicted octanol–water partition coefficient (Wildman–Crippen LogP) is 10.3. The molecule has 3 nitrogen and oxygen atoms in total. The van der Waals surface area contributed by atoms with Gasteiger partial charge in [-0.2, -0.15) is 5.10 Å². The van der Waals surface area contributed by atoms with Gasteiger partial charge in [-0.1, -0.05) is 121 Å². The van der Waals surface area contributed by atoms with E-state index in [4.69, 9.17) is 5.10 Å². The van der Waals surface area contributed by atoms with Gasteiger partial charge in [-0.05, 0) is 65.7 Å². The molecule has 0 amide bonds. The van der Waals surface area contributed by atoms with Crippen LogP contribution >= 0.6 is 0 Å². The van der Waals surface area contributed by atoms with E-state index in [0.717, 1.165) is 50.8 Å². The number of anilines is 3. The summed E-state index contributed by atoms with van der Waals surface area (Å²) in [6, 6.07) is 61.3. The van der Waals surface area contributed by atoms with Crippen LogP contribution < -0.4 is 4.90 Å². The van der Waals surface area contributed by atoms with E-state index in [2.05, 4.69) is 157 Å². The van der Waals surface area contributed by atoms with Crippen molar-refractivity contribution in [2.75, 3.05) is 4.90 Å². The zero-order chi connectivity index (χ0) is 28.1. The van der Waals surface area contributed by atoms with E-state index in [9.17, 15) is 0 Å². The van der Waals surface area contributed by atoms with E-state index < -0.39 is 0 Å². The van der Waals surface area contributed by atoms with Crippen LogP contribution in [-0.2, 0) is 0 Å². The van der Waals surface area contributed by atoms with Gasteiger partial charge in [-0.15, -0.1) is 0 Å². The Morgan fingerprint density at radius 3 is 1.33 bits per heavy atom. The van der Waals surface area contributed by atoms with Crippen LogP contribution in [0.4, 0.5) is 17.1 Å². The van der Waals surface area contributed by atoms with Gasteiger partial charge in [0.1, 0.15) is 0 Å². The second kappa shape index (κ2) is 11.4. The quantitative estimate of drug-likeness (QED) is 0.201. The molecule has 0 saturated carbocycles. The Morgan fingerprint density at radius 2 is 0.810 bits per heavy atom. The van der Waals surface area contributed by atoms with E-state index in [1.165, 1.54) is 5.56 Å². The van der Waals surface area contributed by atoms with Crippen molar-refractivity contribution >= 4 is 17.1 Å². The topological polar surface area (TPSA) is 21.1 Å². The molecule has 0 aliphatic rings. The molecule has 0 aliphatic carbocycles. The molecule has 6 aromatic carbocycles. The van der Waals surface area contributed by atoms with Crippen molar-refractivity contribution in [3.63, 3.8) is 0 Å². The zero-order valence-electron chi connectivity index (χ0n) is 23.1. The van der Waals surface area contributed by atoms with Gasteiger partial charge in [0.15, 0.2) is 0 Å². The lowest BCUT2D eigenvalue weighted by molar-refractivity contribution is 0.892. The molecule has 3 heteroatoms. The molecule has 0 fully saturated rings. The Balaban J connectivity index is 1.21. The van der Waals surface area contributed by atoms with Crippen molar-refractivity contribution in [3.8, 4) is 39.3 Å². The molecule has 7 aromatic rings. The highest BCUT2D eigenvalue weighted by Gasteiger charge is 2.14. The third-order valence-corrected chi connectivity index (χ3v) is 7.45. The van der Waals surface area contributed by atoms with Gasteiger partial charge in [0.25, 0.3) is 0 Å². The first kappa shape index (κ1) is 25.3. The maximum atomic E-state index is 5.03. The van der Waals surface area contributed by atoms with E-state index >= 15 is 0 Å². The molecule has 0 atom stereocenters. The Morgan fingerprint density at radius 1 is 0.381 bits per heavy atom. The average Bonchev–Trinajstić information content (AvgIpc) is 3.53. The summed E-state index contributed by atoms with van der Waals surface area (Å²) in [6.45, 7) is 0. The smallest absolute Gasteiger partial charge is 0.0934 e. The average molecular weight is 540 g/mol. The molecular formula is C39H29N3.